The fourth-order valence-corrected chi connectivity index (χ4v) is 1.02. The Balaban J connectivity index is 2.65. The molecule has 0 aromatic heterocycles. The third-order valence-corrected chi connectivity index (χ3v) is 1.71. The number of benzene rings is 1. The molecular weight excluding hydrogens is 174 g/mol. The lowest BCUT2D eigenvalue weighted by Crippen LogP contribution is -2.18. The van der Waals surface area contributed by atoms with Crippen molar-refractivity contribution in [2.24, 2.45) is 0 Å². The van der Waals surface area contributed by atoms with Crippen molar-refractivity contribution in [1.82, 2.24) is 0 Å². The molecule has 0 aliphatic rings. The van der Waals surface area contributed by atoms with Gasteiger partial charge in [0.05, 0.1) is 18.8 Å². The summed E-state index contributed by atoms with van der Waals surface area (Å²) in [7, 11) is 0. The highest BCUT2D eigenvalue weighted by atomic mass is 16.5. The van der Waals surface area contributed by atoms with Gasteiger partial charge < -0.3 is 4.74 Å². The summed E-state index contributed by atoms with van der Waals surface area (Å²) in [6.45, 7) is 13.5. The highest BCUT2D eigenvalue weighted by molar-refractivity contribution is 5.46. The van der Waals surface area contributed by atoms with E-state index >= 15 is 0 Å². The summed E-state index contributed by atoms with van der Waals surface area (Å²) in [5.74, 6) is 0. The van der Waals surface area contributed by atoms with Crippen molar-refractivity contribution in [1.29, 1.82) is 0 Å². The van der Waals surface area contributed by atoms with Gasteiger partial charge in [-0.1, -0.05) is 24.3 Å². The van der Waals surface area contributed by atoms with Gasteiger partial charge in [0.2, 0.25) is 0 Å². The first-order valence-electron chi connectivity index (χ1n) is 4.61. The lowest BCUT2D eigenvalue weighted by molar-refractivity contribution is -0.0149. The van der Waals surface area contributed by atoms with Crippen LogP contribution >= 0.6 is 0 Å². The Kier molecular flexibility index (Phi) is 3.27. The summed E-state index contributed by atoms with van der Waals surface area (Å²) in [5.41, 5.74) is 1.59. The normalized spacial score (nSPS) is 11.0. The van der Waals surface area contributed by atoms with Crippen LogP contribution in [0, 0.1) is 6.57 Å². The Labute approximate surface area is 85.3 Å². The van der Waals surface area contributed by atoms with E-state index < -0.39 is 0 Å². The quantitative estimate of drug-likeness (QED) is 0.649. The van der Waals surface area contributed by atoms with Gasteiger partial charge in [-0.2, -0.15) is 0 Å². The number of rotatable bonds is 2. The minimum absolute atomic E-state index is 0.131. The van der Waals surface area contributed by atoms with Gasteiger partial charge >= 0.3 is 0 Å². The summed E-state index contributed by atoms with van der Waals surface area (Å²) in [6, 6.07) is 7.52. The van der Waals surface area contributed by atoms with Crippen LogP contribution in [-0.2, 0) is 11.3 Å². The Hall–Kier alpha value is -1.33. The van der Waals surface area contributed by atoms with Crippen LogP contribution < -0.4 is 0 Å². The molecule has 74 valence electrons. The Morgan fingerprint density at radius 1 is 1.36 bits per heavy atom. The molecule has 1 aromatic carbocycles. The molecule has 0 N–H and O–H groups in total. The predicted octanol–water partition coefficient (Wildman–Crippen LogP) is 3.55. The van der Waals surface area contributed by atoms with Crippen LogP contribution in [0.4, 0.5) is 5.69 Å². The Morgan fingerprint density at radius 3 is 2.64 bits per heavy atom. The molecule has 0 spiro atoms. The van der Waals surface area contributed by atoms with Crippen LogP contribution in [0.25, 0.3) is 4.85 Å². The molecule has 14 heavy (non-hydrogen) atoms. The van der Waals surface area contributed by atoms with Crippen LogP contribution in [0.5, 0.6) is 0 Å². The van der Waals surface area contributed by atoms with E-state index in [-0.39, 0.29) is 5.60 Å². The van der Waals surface area contributed by atoms with Crippen molar-refractivity contribution >= 4 is 5.69 Å². The molecule has 0 saturated heterocycles. The summed E-state index contributed by atoms with van der Waals surface area (Å²) in [4.78, 5) is 3.37. The lowest BCUT2D eigenvalue weighted by Gasteiger charge is -2.19. The first-order chi connectivity index (χ1) is 6.51. The molecule has 2 heteroatoms. The summed E-state index contributed by atoms with van der Waals surface area (Å²) >= 11 is 0. The van der Waals surface area contributed by atoms with E-state index in [4.69, 9.17) is 11.3 Å². The molecule has 2 nitrogen and oxygen atoms in total. The van der Waals surface area contributed by atoms with Gasteiger partial charge in [-0.25, -0.2) is 4.85 Å². The highest BCUT2D eigenvalue weighted by Crippen LogP contribution is 2.17. The smallest absolute Gasteiger partial charge is 0.187 e. The lowest BCUT2D eigenvalue weighted by atomic mass is 10.1. The molecule has 1 aromatic rings. The van der Waals surface area contributed by atoms with E-state index in [1.54, 1.807) is 6.07 Å². The van der Waals surface area contributed by atoms with E-state index in [0.717, 1.165) is 5.56 Å². The molecule has 0 unspecified atom stereocenters. The molecule has 0 fully saturated rings. The van der Waals surface area contributed by atoms with Gasteiger partial charge in [-0.05, 0) is 26.3 Å². The summed E-state index contributed by atoms with van der Waals surface area (Å²) in [6.07, 6.45) is 0. The number of hydrogen-bond donors (Lipinski definition) is 0. The maximum Gasteiger partial charge on any atom is 0.187 e. The molecular formula is C12H15NO. The molecule has 0 atom stereocenters. The SMILES string of the molecule is [C-]#[N+]c1cccc(COC(C)(C)C)c1. The van der Waals surface area contributed by atoms with E-state index in [1.165, 1.54) is 0 Å². The topological polar surface area (TPSA) is 13.6 Å². The molecule has 0 bridgehead atoms. The average molecular weight is 189 g/mol. The molecule has 0 amide bonds. The minimum atomic E-state index is -0.131. The second-order valence-corrected chi connectivity index (χ2v) is 4.18. The van der Waals surface area contributed by atoms with E-state index in [1.807, 2.05) is 39.0 Å². The maximum atomic E-state index is 6.88. The van der Waals surface area contributed by atoms with E-state index in [9.17, 15) is 0 Å². The third-order valence-electron chi connectivity index (χ3n) is 1.71. The van der Waals surface area contributed by atoms with Crippen LogP contribution in [0.1, 0.15) is 26.3 Å². The fraction of sp³-hybridized carbons (Fsp3) is 0.417. The van der Waals surface area contributed by atoms with Crippen LogP contribution in [0.3, 0.4) is 0 Å². The Morgan fingerprint density at radius 2 is 2.07 bits per heavy atom. The van der Waals surface area contributed by atoms with Gasteiger partial charge in [-0.3, -0.25) is 0 Å². The first-order valence-corrected chi connectivity index (χ1v) is 4.61. The van der Waals surface area contributed by atoms with Gasteiger partial charge in [0.1, 0.15) is 0 Å². The van der Waals surface area contributed by atoms with Crippen molar-refractivity contribution in [3.05, 3.63) is 41.2 Å². The highest BCUT2D eigenvalue weighted by Gasteiger charge is 2.09. The zero-order valence-corrected chi connectivity index (χ0v) is 8.87. The molecule has 0 saturated carbocycles. The molecule has 0 aliphatic heterocycles. The van der Waals surface area contributed by atoms with Crippen molar-refractivity contribution in [3.8, 4) is 0 Å². The summed E-state index contributed by atoms with van der Waals surface area (Å²) in [5, 5.41) is 0. The van der Waals surface area contributed by atoms with Gasteiger partial charge in [0.15, 0.2) is 5.69 Å². The standard InChI is InChI=1S/C12H15NO/c1-12(2,3)14-9-10-6-5-7-11(8-10)13-4/h5-8H,9H2,1-3H3. The van der Waals surface area contributed by atoms with Gasteiger partial charge in [0, 0.05) is 0 Å². The second-order valence-electron chi connectivity index (χ2n) is 4.18. The zero-order valence-electron chi connectivity index (χ0n) is 8.87. The van der Waals surface area contributed by atoms with Crippen molar-refractivity contribution in [2.45, 2.75) is 33.0 Å². The number of nitrogens with zero attached hydrogens (tertiary/aromatic N) is 1. The molecule has 0 radical (unpaired) electrons. The van der Waals surface area contributed by atoms with Crippen LogP contribution in [0.15, 0.2) is 24.3 Å². The molecule has 0 heterocycles. The van der Waals surface area contributed by atoms with Gasteiger partial charge in [-0.15, -0.1) is 0 Å². The monoisotopic (exact) mass is 189 g/mol. The predicted molar refractivity (Wildman–Crippen MR) is 57.2 cm³/mol. The number of hydrogen-bond acceptors (Lipinski definition) is 1. The molecule has 1 rings (SSSR count). The second kappa shape index (κ2) is 4.26. The Bertz CT molecular complexity index is 344. The van der Waals surface area contributed by atoms with Crippen molar-refractivity contribution in [3.63, 3.8) is 0 Å². The number of ether oxygens (including phenoxy) is 1. The first kappa shape index (κ1) is 10.7. The zero-order chi connectivity index (χ0) is 10.6. The van der Waals surface area contributed by atoms with Crippen LogP contribution in [-0.4, -0.2) is 5.60 Å². The largest absolute Gasteiger partial charge is 0.371 e. The van der Waals surface area contributed by atoms with E-state index in [0.29, 0.717) is 12.3 Å². The minimum Gasteiger partial charge on any atom is -0.371 e. The average Bonchev–Trinajstić information content (AvgIpc) is 2.14. The summed E-state index contributed by atoms with van der Waals surface area (Å²) < 4.78 is 5.61. The van der Waals surface area contributed by atoms with E-state index in [2.05, 4.69) is 4.85 Å². The fourth-order valence-electron chi connectivity index (χ4n) is 1.02. The van der Waals surface area contributed by atoms with Crippen LogP contribution in [0.2, 0.25) is 0 Å². The van der Waals surface area contributed by atoms with Gasteiger partial charge in [0.25, 0.3) is 0 Å². The third kappa shape index (κ3) is 3.59. The van der Waals surface area contributed by atoms with Crippen molar-refractivity contribution < 1.29 is 4.74 Å². The van der Waals surface area contributed by atoms with Crippen molar-refractivity contribution in [2.75, 3.05) is 0 Å². The maximum absolute atomic E-state index is 6.88. The molecule has 0 aliphatic carbocycles.